The molecular formula is C22H27N3O2S. The molecule has 0 aliphatic heterocycles. The molecule has 148 valence electrons. The Balaban J connectivity index is 1.95. The van der Waals surface area contributed by atoms with Crippen LogP contribution in [0.5, 0.6) is 5.75 Å². The van der Waals surface area contributed by atoms with Crippen LogP contribution in [0.4, 0.5) is 5.13 Å². The number of fused-ring (bicyclic) bond motifs is 1. The van der Waals surface area contributed by atoms with E-state index in [4.69, 9.17) is 9.72 Å². The van der Waals surface area contributed by atoms with Gasteiger partial charge in [0.05, 0.1) is 17.3 Å². The lowest BCUT2D eigenvalue weighted by molar-refractivity contribution is 0.0986. The number of carbonyl (C=O) groups excluding carboxylic acids is 1. The van der Waals surface area contributed by atoms with Crippen LogP contribution in [0.15, 0.2) is 36.4 Å². The number of hydrogen-bond acceptors (Lipinski definition) is 5. The Hall–Kier alpha value is -2.44. The molecular weight excluding hydrogens is 370 g/mol. The van der Waals surface area contributed by atoms with Crippen LogP contribution in [-0.4, -0.2) is 50.1 Å². The Bertz CT molecular complexity index is 964. The minimum absolute atomic E-state index is 0.0326. The third-order valence-electron chi connectivity index (χ3n) is 4.62. The molecule has 0 aliphatic carbocycles. The molecule has 1 heterocycles. The van der Waals surface area contributed by atoms with Crippen molar-refractivity contribution in [3.8, 4) is 5.75 Å². The number of aromatic nitrogens is 1. The number of hydrogen-bond donors (Lipinski definition) is 0. The van der Waals surface area contributed by atoms with E-state index in [0.717, 1.165) is 39.6 Å². The molecule has 0 saturated carbocycles. The van der Waals surface area contributed by atoms with E-state index in [1.54, 1.807) is 18.4 Å². The molecule has 28 heavy (non-hydrogen) atoms. The molecule has 1 amide bonds. The first-order valence-electron chi connectivity index (χ1n) is 9.37. The first-order chi connectivity index (χ1) is 13.4. The minimum atomic E-state index is -0.0326. The van der Waals surface area contributed by atoms with Gasteiger partial charge in [-0.25, -0.2) is 4.98 Å². The average Bonchev–Trinajstić information content (AvgIpc) is 3.08. The van der Waals surface area contributed by atoms with Crippen LogP contribution in [-0.2, 0) is 0 Å². The van der Waals surface area contributed by atoms with Crippen LogP contribution in [0.25, 0.3) is 10.2 Å². The molecule has 0 spiro atoms. The molecule has 0 aliphatic rings. The Morgan fingerprint density at radius 3 is 2.46 bits per heavy atom. The van der Waals surface area contributed by atoms with Crippen LogP contribution in [0.3, 0.4) is 0 Å². The van der Waals surface area contributed by atoms with Crippen LogP contribution >= 0.6 is 11.3 Å². The largest absolute Gasteiger partial charge is 0.497 e. The molecule has 3 aromatic rings. The molecule has 0 radical (unpaired) electrons. The van der Waals surface area contributed by atoms with Gasteiger partial charge in [0.15, 0.2) is 5.13 Å². The number of aryl methyl sites for hydroxylation is 2. The quantitative estimate of drug-likeness (QED) is 0.588. The van der Waals surface area contributed by atoms with Crippen molar-refractivity contribution < 1.29 is 9.53 Å². The van der Waals surface area contributed by atoms with E-state index in [1.165, 1.54) is 5.56 Å². The molecule has 0 saturated heterocycles. The third-order valence-corrected chi connectivity index (χ3v) is 5.64. The number of rotatable bonds is 7. The highest BCUT2D eigenvalue weighted by molar-refractivity contribution is 7.22. The number of amides is 1. The van der Waals surface area contributed by atoms with E-state index in [1.807, 2.05) is 43.3 Å². The number of anilines is 1. The van der Waals surface area contributed by atoms with Crippen molar-refractivity contribution in [3.05, 3.63) is 53.1 Å². The van der Waals surface area contributed by atoms with Gasteiger partial charge in [-0.15, -0.1) is 0 Å². The summed E-state index contributed by atoms with van der Waals surface area (Å²) in [5.41, 5.74) is 3.96. The number of carbonyl (C=O) groups is 1. The lowest BCUT2D eigenvalue weighted by Crippen LogP contribution is -2.33. The van der Waals surface area contributed by atoms with Crippen molar-refractivity contribution in [1.82, 2.24) is 9.88 Å². The van der Waals surface area contributed by atoms with Gasteiger partial charge in [-0.1, -0.05) is 17.4 Å². The van der Waals surface area contributed by atoms with E-state index in [9.17, 15) is 4.79 Å². The van der Waals surface area contributed by atoms with Crippen molar-refractivity contribution >= 4 is 32.6 Å². The van der Waals surface area contributed by atoms with Gasteiger partial charge >= 0.3 is 0 Å². The van der Waals surface area contributed by atoms with Gasteiger partial charge in [-0.2, -0.15) is 0 Å². The van der Waals surface area contributed by atoms with E-state index in [-0.39, 0.29) is 5.91 Å². The smallest absolute Gasteiger partial charge is 0.260 e. The summed E-state index contributed by atoms with van der Waals surface area (Å²) < 4.78 is 6.33. The second-order valence-electron chi connectivity index (χ2n) is 7.27. The number of ether oxygens (including phenoxy) is 1. The summed E-state index contributed by atoms with van der Waals surface area (Å²) in [4.78, 5) is 22.0. The van der Waals surface area contributed by atoms with Gasteiger partial charge in [0.2, 0.25) is 0 Å². The lowest BCUT2D eigenvalue weighted by atomic mass is 10.1. The summed E-state index contributed by atoms with van der Waals surface area (Å²) in [5.74, 6) is 0.705. The zero-order chi connectivity index (χ0) is 20.3. The second kappa shape index (κ2) is 8.71. The van der Waals surface area contributed by atoms with Crippen LogP contribution in [0.2, 0.25) is 0 Å². The van der Waals surface area contributed by atoms with E-state index in [0.29, 0.717) is 12.1 Å². The van der Waals surface area contributed by atoms with Gasteiger partial charge in [-0.3, -0.25) is 9.69 Å². The van der Waals surface area contributed by atoms with E-state index < -0.39 is 0 Å². The Labute approximate surface area is 170 Å². The van der Waals surface area contributed by atoms with Crippen molar-refractivity contribution in [2.24, 2.45) is 0 Å². The fraction of sp³-hybridized carbons (Fsp3) is 0.364. The third kappa shape index (κ3) is 4.51. The Kier molecular flexibility index (Phi) is 6.31. The summed E-state index contributed by atoms with van der Waals surface area (Å²) in [6.45, 7) is 5.69. The standard InChI is InChI=1S/C22H27N3O2S/c1-15-13-16(2)20-19(14-15)28-22(23-20)25(12-6-11-24(3)4)21(26)17-7-9-18(27-5)10-8-17/h7-10,13-14H,6,11-12H2,1-5H3. The molecule has 0 fully saturated rings. The maximum atomic E-state index is 13.3. The van der Waals surface area contributed by atoms with Gasteiger partial charge < -0.3 is 9.64 Å². The summed E-state index contributed by atoms with van der Waals surface area (Å²) in [7, 11) is 5.70. The summed E-state index contributed by atoms with van der Waals surface area (Å²) in [5, 5.41) is 0.753. The molecule has 0 bridgehead atoms. The fourth-order valence-electron chi connectivity index (χ4n) is 3.19. The molecule has 5 nitrogen and oxygen atoms in total. The minimum Gasteiger partial charge on any atom is -0.497 e. The first-order valence-corrected chi connectivity index (χ1v) is 10.2. The number of methoxy groups -OCH3 is 1. The van der Waals surface area contributed by atoms with E-state index >= 15 is 0 Å². The van der Waals surface area contributed by atoms with Gasteiger partial charge in [0, 0.05) is 12.1 Å². The monoisotopic (exact) mass is 397 g/mol. The van der Waals surface area contributed by atoms with Crippen LogP contribution in [0.1, 0.15) is 27.9 Å². The maximum absolute atomic E-state index is 13.3. The zero-order valence-corrected chi connectivity index (χ0v) is 18.0. The van der Waals surface area contributed by atoms with E-state index in [2.05, 4.69) is 30.9 Å². The maximum Gasteiger partial charge on any atom is 0.260 e. The highest BCUT2D eigenvalue weighted by Crippen LogP contribution is 2.32. The fourth-order valence-corrected chi connectivity index (χ4v) is 4.36. The normalized spacial score (nSPS) is 11.2. The van der Waals surface area contributed by atoms with Gasteiger partial charge in [-0.05, 0) is 82.4 Å². The second-order valence-corrected chi connectivity index (χ2v) is 8.28. The highest BCUT2D eigenvalue weighted by atomic mass is 32.1. The number of nitrogens with zero attached hydrogens (tertiary/aromatic N) is 3. The highest BCUT2D eigenvalue weighted by Gasteiger charge is 2.22. The Morgan fingerprint density at radius 1 is 1.11 bits per heavy atom. The van der Waals surface area contributed by atoms with Crippen LogP contribution < -0.4 is 9.64 Å². The molecule has 2 aromatic carbocycles. The molecule has 3 rings (SSSR count). The van der Waals surface area contributed by atoms with Crippen molar-refractivity contribution in [2.75, 3.05) is 39.2 Å². The van der Waals surface area contributed by atoms with Crippen LogP contribution in [0, 0.1) is 13.8 Å². The Morgan fingerprint density at radius 2 is 1.82 bits per heavy atom. The number of benzene rings is 2. The number of thiazole rings is 1. The van der Waals surface area contributed by atoms with Crippen molar-refractivity contribution in [1.29, 1.82) is 0 Å². The summed E-state index contributed by atoms with van der Waals surface area (Å²) in [6, 6.07) is 11.5. The molecule has 0 unspecified atom stereocenters. The molecule has 0 atom stereocenters. The SMILES string of the molecule is COc1ccc(C(=O)N(CCCN(C)C)c2nc3c(C)cc(C)cc3s2)cc1. The molecule has 1 aromatic heterocycles. The van der Waals surface area contributed by atoms with Crippen molar-refractivity contribution in [3.63, 3.8) is 0 Å². The first kappa shape index (κ1) is 20.3. The molecule has 0 N–H and O–H groups in total. The van der Waals surface area contributed by atoms with Gasteiger partial charge in [0.25, 0.3) is 5.91 Å². The molecule has 6 heteroatoms. The van der Waals surface area contributed by atoms with Gasteiger partial charge in [0.1, 0.15) is 5.75 Å². The lowest BCUT2D eigenvalue weighted by Gasteiger charge is -2.21. The average molecular weight is 398 g/mol. The zero-order valence-electron chi connectivity index (χ0n) is 17.2. The predicted octanol–water partition coefficient (Wildman–Crippen LogP) is 4.52. The predicted molar refractivity (Wildman–Crippen MR) is 117 cm³/mol. The summed E-state index contributed by atoms with van der Waals surface area (Å²) >= 11 is 1.58. The summed E-state index contributed by atoms with van der Waals surface area (Å²) in [6.07, 6.45) is 0.878. The topological polar surface area (TPSA) is 45.7 Å². The van der Waals surface area contributed by atoms with Crippen molar-refractivity contribution in [2.45, 2.75) is 20.3 Å².